The van der Waals surface area contributed by atoms with Crippen molar-refractivity contribution in [2.24, 2.45) is 0 Å². The van der Waals surface area contributed by atoms with Crippen LogP contribution in [0.4, 0.5) is 17.6 Å². The third kappa shape index (κ3) is 2.87. The molecule has 86 valence electrons. The van der Waals surface area contributed by atoms with Crippen LogP contribution in [0.3, 0.4) is 0 Å². The lowest BCUT2D eigenvalue weighted by Crippen LogP contribution is -2.09. The van der Waals surface area contributed by atoms with Crippen molar-refractivity contribution in [2.75, 3.05) is 18.8 Å². The summed E-state index contributed by atoms with van der Waals surface area (Å²) in [6.45, 7) is 0. The normalized spacial score (nSPS) is 14.1. The van der Waals surface area contributed by atoms with E-state index in [0.29, 0.717) is 4.90 Å². The van der Waals surface area contributed by atoms with Gasteiger partial charge in [0.2, 0.25) is 0 Å². The van der Waals surface area contributed by atoms with Crippen LogP contribution in [-0.4, -0.2) is 18.8 Å². The van der Waals surface area contributed by atoms with E-state index in [-0.39, 0.29) is 0 Å². The number of alkyl halides is 3. The van der Waals surface area contributed by atoms with E-state index in [0.717, 1.165) is 12.1 Å². The number of hydrogen-bond donors (Lipinski definition) is 0. The second kappa shape index (κ2) is 3.70. The van der Waals surface area contributed by atoms with Gasteiger partial charge >= 0.3 is 6.18 Å². The van der Waals surface area contributed by atoms with Crippen molar-refractivity contribution in [3.8, 4) is 0 Å². The Balaban J connectivity index is 3.30. The molecule has 5 heteroatoms. The summed E-state index contributed by atoms with van der Waals surface area (Å²) in [5, 5.41) is 0. The molecule has 0 amide bonds. The van der Waals surface area contributed by atoms with Crippen LogP contribution in [0.25, 0.3) is 0 Å². The first-order valence-electron chi connectivity index (χ1n) is 4.17. The fourth-order valence-corrected chi connectivity index (χ4v) is 2.05. The van der Waals surface area contributed by atoms with Gasteiger partial charge in [0.25, 0.3) is 0 Å². The van der Waals surface area contributed by atoms with Gasteiger partial charge in [-0.05, 0) is 41.9 Å². The second-order valence-electron chi connectivity index (χ2n) is 3.98. The first-order chi connectivity index (χ1) is 6.62. The molecule has 0 atom stereocenters. The predicted molar refractivity (Wildman–Crippen MR) is 55.0 cm³/mol. The fraction of sp³-hybridized carbons (Fsp3) is 0.400. The molecule has 0 fully saturated rings. The first kappa shape index (κ1) is 12.4. The Morgan fingerprint density at radius 3 is 2.00 bits per heavy atom. The van der Waals surface area contributed by atoms with E-state index in [1.807, 2.05) is 18.8 Å². The van der Waals surface area contributed by atoms with E-state index in [2.05, 4.69) is 0 Å². The smallest absolute Gasteiger partial charge is 0.223 e. The lowest BCUT2D eigenvalue weighted by Gasteiger charge is -2.26. The van der Waals surface area contributed by atoms with Crippen molar-refractivity contribution in [3.05, 3.63) is 29.6 Å². The maximum Gasteiger partial charge on any atom is 0.419 e. The lowest BCUT2D eigenvalue weighted by atomic mass is 10.2. The van der Waals surface area contributed by atoms with Gasteiger partial charge in [-0.1, -0.05) is 0 Å². The monoisotopic (exact) mass is 240 g/mol. The summed E-state index contributed by atoms with van der Waals surface area (Å²) in [7, 11) is -1.27. The van der Waals surface area contributed by atoms with Crippen LogP contribution in [0.5, 0.6) is 0 Å². The molecule has 0 aromatic heterocycles. The molecular weight excluding hydrogens is 228 g/mol. The van der Waals surface area contributed by atoms with Crippen LogP contribution in [0.1, 0.15) is 5.56 Å². The molecule has 1 aromatic rings. The highest BCUT2D eigenvalue weighted by atomic mass is 32.3. The standard InChI is InChI=1S/C10H12F4S/c1-15(2,3)7-4-5-9(11)8(6-7)10(12,13)14/h4-6H,1-3H3. The molecule has 0 spiro atoms. The van der Waals surface area contributed by atoms with Gasteiger partial charge < -0.3 is 0 Å². The molecule has 1 aromatic carbocycles. The summed E-state index contributed by atoms with van der Waals surface area (Å²) < 4.78 is 50.1. The highest BCUT2D eigenvalue weighted by Crippen LogP contribution is 2.47. The molecule has 0 heterocycles. The zero-order valence-corrected chi connectivity index (χ0v) is 9.47. The van der Waals surface area contributed by atoms with Crippen LogP contribution < -0.4 is 0 Å². The zero-order chi connectivity index (χ0) is 11.9. The number of rotatable bonds is 1. The van der Waals surface area contributed by atoms with Gasteiger partial charge in [0.05, 0.1) is 5.56 Å². The van der Waals surface area contributed by atoms with E-state index >= 15 is 0 Å². The average Bonchev–Trinajstić information content (AvgIpc) is 2.00. The Kier molecular flexibility index (Phi) is 3.05. The van der Waals surface area contributed by atoms with Gasteiger partial charge in [0, 0.05) is 0 Å². The van der Waals surface area contributed by atoms with Crippen molar-refractivity contribution in [3.63, 3.8) is 0 Å². The van der Waals surface area contributed by atoms with Crippen molar-refractivity contribution >= 4 is 10.0 Å². The highest BCUT2D eigenvalue weighted by molar-refractivity contribution is 8.32. The van der Waals surface area contributed by atoms with Crippen LogP contribution >= 0.6 is 10.0 Å². The molecular formula is C10H12F4S. The van der Waals surface area contributed by atoms with Crippen molar-refractivity contribution in [2.45, 2.75) is 11.1 Å². The summed E-state index contributed by atoms with van der Waals surface area (Å²) in [5.41, 5.74) is -1.18. The van der Waals surface area contributed by atoms with E-state index in [4.69, 9.17) is 0 Å². The summed E-state index contributed by atoms with van der Waals surface area (Å²) in [6.07, 6.45) is 0.964. The second-order valence-corrected chi connectivity index (χ2v) is 8.12. The Labute approximate surface area is 87.6 Å². The summed E-state index contributed by atoms with van der Waals surface area (Å²) in [4.78, 5) is 0.552. The highest BCUT2D eigenvalue weighted by Gasteiger charge is 2.34. The summed E-state index contributed by atoms with van der Waals surface area (Å²) in [5.74, 6) is -1.21. The quantitative estimate of drug-likeness (QED) is 0.653. The molecule has 0 radical (unpaired) electrons. The number of hydrogen-bond acceptors (Lipinski definition) is 0. The predicted octanol–water partition coefficient (Wildman–Crippen LogP) is 3.90. The van der Waals surface area contributed by atoms with E-state index < -0.39 is 27.6 Å². The van der Waals surface area contributed by atoms with Crippen molar-refractivity contribution in [1.82, 2.24) is 0 Å². The molecule has 0 N–H and O–H groups in total. The molecule has 1 rings (SSSR count). The van der Waals surface area contributed by atoms with Crippen molar-refractivity contribution < 1.29 is 17.6 Å². The number of benzene rings is 1. The Morgan fingerprint density at radius 1 is 1.07 bits per heavy atom. The zero-order valence-electron chi connectivity index (χ0n) is 8.65. The maximum absolute atomic E-state index is 12.9. The summed E-state index contributed by atoms with van der Waals surface area (Å²) >= 11 is 0. The molecule has 0 bridgehead atoms. The fourth-order valence-electron chi connectivity index (χ4n) is 1.10. The van der Waals surface area contributed by atoms with Gasteiger partial charge in [-0.15, -0.1) is 0 Å². The SMILES string of the molecule is CS(C)(C)c1ccc(F)c(C(F)(F)F)c1. The Hall–Kier alpha value is -0.710. The van der Waals surface area contributed by atoms with Crippen LogP contribution in [-0.2, 0) is 6.18 Å². The molecule has 0 aliphatic carbocycles. The molecule has 0 saturated heterocycles. The molecule has 0 aliphatic heterocycles. The third-order valence-corrected chi connectivity index (χ3v) is 3.62. The largest absolute Gasteiger partial charge is 0.419 e. The summed E-state index contributed by atoms with van der Waals surface area (Å²) in [6, 6.07) is 3.21. The first-order valence-corrected chi connectivity index (χ1v) is 7.03. The Bertz CT molecular complexity index is 363. The molecule has 15 heavy (non-hydrogen) atoms. The average molecular weight is 240 g/mol. The van der Waals surface area contributed by atoms with Crippen LogP contribution in [0.15, 0.2) is 23.1 Å². The molecule has 0 saturated carbocycles. The minimum absolute atomic E-state index is 0.552. The van der Waals surface area contributed by atoms with Gasteiger partial charge in [0.1, 0.15) is 5.82 Å². The maximum atomic E-state index is 12.9. The van der Waals surface area contributed by atoms with Gasteiger partial charge in [0.15, 0.2) is 0 Å². The van der Waals surface area contributed by atoms with Crippen molar-refractivity contribution in [1.29, 1.82) is 0 Å². The van der Waals surface area contributed by atoms with Gasteiger partial charge in [-0.2, -0.15) is 13.2 Å². The topological polar surface area (TPSA) is 0 Å². The number of halogens is 4. The molecule has 0 aliphatic rings. The minimum atomic E-state index is -4.62. The molecule has 0 nitrogen and oxygen atoms in total. The lowest BCUT2D eigenvalue weighted by molar-refractivity contribution is -0.140. The minimum Gasteiger partial charge on any atom is -0.223 e. The molecule has 0 unspecified atom stereocenters. The third-order valence-electron chi connectivity index (χ3n) is 1.95. The van der Waals surface area contributed by atoms with Gasteiger partial charge in [-0.25, -0.2) is 14.4 Å². The van der Waals surface area contributed by atoms with E-state index in [1.54, 1.807) is 0 Å². The van der Waals surface area contributed by atoms with E-state index in [9.17, 15) is 17.6 Å². The van der Waals surface area contributed by atoms with Crippen LogP contribution in [0, 0.1) is 5.82 Å². The Morgan fingerprint density at radius 2 is 1.60 bits per heavy atom. The van der Waals surface area contributed by atoms with Crippen LogP contribution in [0.2, 0.25) is 0 Å². The van der Waals surface area contributed by atoms with E-state index in [1.165, 1.54) is 6.07 Å². The van der Waals surface area contributed by atoms with Gasteiger partial charge in [-0.3, -0.25) is 0 Å².